The zero-order valence-corrected chi connectivity index (χ0v) is 12.3. The van der Waals surface area contributed by atoms with Crippen LogP contribution in [-0.4, -0.2) is 37.6 Å². The number of benzene rings is 1. The van der Waals surface area contributed by atoms with Gasteiger partial charge in [-0.25, -0.2) is 0 Å². The number of likely N-dealkylation sites (N-methyl/N-ethyl adjacent to an activating group) is 1. The molecule has 0 aromatic heterocycles. The zero-order valence-electron chi connectivity index (χ0n) is 12.3. The molecule has 0 saturated carbocycles. The van der Waals surface area contributed by atoms with Crippen molar-refractivity contribution in [1.29, 1.82) is 0 Å². The first-order valence-electron chi connectivity index (χ1n) is 7.59. The molecule has 0 aliphatic carbocycles. The molecule has 1 aliphatic heterocycles. The van der Waals surface area contributed by atoms with Crippen LogP contribution < -0.4 is 10.6 Å². The highest BCUT2D eigenvalue weighted by Gasteiger charge is 2.17. The molecule has 0 spiro atoms. The van der Waals surface area contributed by atoms with Crippen LogP contribution >= 0.6 is 0 Å². The summed E-state index contributed by atoms with van der Waals surface area (Å²) in [4.78, 5) is 2.47. The van der Waals surface area contributed by atoms with E-state index in [0.29, 0.717) is 6.04 Å². The molecular formula is C16H27N3. The summed E-state index contributed by atoms with van der Waals surface area (Å²) in [6, 6.07) is 9.31. The van der Waals surface area contributed by atoms with Crippen molar-refractivity contribution in [3.05, 3.63) is 35.4 Å². The Morgan fingerprint density at radius 1 is 1.26 bits per heavy atom. The minimum Gasteiger partial charge on any atom is -0.313 e. The second-order valence-electron chi connectivity index (χ2n) is 5.20. The van der Waals surface area contributed by atoms with Gasteiger partial charge in [-0.05, 0) is 37.2 Å². The highest BCUT2D eigenvalue weighted by molar-refractivity contribution is 5.30. The minimum atomic E-state index is 0.502. The number of hydrogen-bond acceptors (Lipinski definition) is 3. The van der Waals surface area contributed by atoms with Crippen LogP contribution in [0.3, 0.4) is 0 Å². The normalized spacial score (nSPS) is 19.2. The molecular weight excluding hydrogens is 234 g/mol. The summed E-state index contributed by atoms with van der Waals surface area (Å²) >= 11 is 0. The van der Waals surface area contributed by atoms with Crippen molar-refractivity contribution in [3.63, 3.8) is 0 Å². The van der Waals surface area contributed by atoms with Gasteiger partial charge in [-0.1, -0.05) is 38.1 Å². The van der Waals surface area contributed by atoms with Crippen molar-refractivity contribution < 1.29 is 0 Å². The molecule has 19 heavy (non-hydrogen) atoms. The maximum absolute atomic E-state index is 3.74. The predicted molar refractivity (Wildman–Crippen MR) is 81.3 cm³/mol. The summed E-state index contributed by atoms with van der Waals surface area (Å²) in [5, 5.41) is 7.24. The second-order valence-corrected chi connectivity index (χ2v) is 5.20. The summed E-state index contributed by atoms with van der Waals surface area (Å²) in [7, 11) is 0. The van der Waals surface area contributed by atoms with Crippen LogP contribution in [0.1, 0.15) is 37.4 Å². The summed E-state index contributed by atoms with van der Waals surface area (Å²) in [6.07, 6.45) is 1.18. The molecule has 3 nitrogen and oxygen atoms in total. The maximum atomic E-state index is 3.74. The van der Waals surface area contributed by atoms with Crippen LogP contribution in [0.15, 0.2) is 24.3 Å². The molecule has 106 valence electrons. The van der Waals surface area contributed by atoms with Crippen LogP contribution in [-0.2, 0) is 6.54 Å². The highest BCUT2D eigenvalue weighted by Crippen LogP contribution is 2.23. The molecule has 1 heterocycles. The lowest BCUT2D eigenvalue weighted by molar-refractivity contribution is 0.295. The topological polar surface area (TPSA) is 27.3 Å². The molecule has 3 heteroatoms. The average Bonchev–Trinajstić information content (AvgIpc) is 2.66. The summed E-state index contributed by atoms with van der Waals surface area (Å²) in [6.45, 7) is 11.0. The van der Waals surface area contributed by atoms with Crippen LogP contribution in [0.25, 0.3) is 0 Å². The Labute approximate surface area is 117 Å². The first kappa shape index (κ1) is 14.5. The number of rotatable bonds is 6. The molecule has 1 atom stereocenters. The molecule has 2 N–H and O–H groups in total. The molecule has 1 aromatic rings. The van der Waals surface area contributed by atoms with Crippen LogP contribution in [0, 0.1) is 0 Å². The fraction of sp³-hybridized carbons (Fsp3) is 0.625. The van der Waals surface area contributed by atoms with Gasteiger partial charge in [0.05, 0.1) is 0 Å². The van der Waals surface area contributed by atoms with E-state index in [1.807, 2.05) is 0 Å². The highest BCUT2D eigenvalue weighted by atomic mass is 15.1. The van der Waals surface area contributed by atoms with Gasteiger partial charge in [-0.3, -0.25) is 0 Å². The Bertz CT molecular complexity index is 374. The lowest BCUT2D eigenvalue weighted by atomic mass is 9.99. The van der Waals surface area contributed by atoms with Crippen LogP contribution in [0.4, 0.5) is 0 Å². The molecule has 1 aliphatic rings. The number of fused-ring (bicyclic) bond motifs is 1. The molecule has 1 aromatic carbocycles. The maximum Gasteiger partial charge on any atom is 0.0336 e. The smallest absolute Gasteiger partial charge is 0.0336 e. The van der Waals surface area contributed by atoms with Gasteiger partial charge >= 0.3 is 0 Å². The largest absolute Gasteiger partial charge is 0.313 e. The van der Waals surface area contributed by atoms with Crippen molar-refractivity contribution in [1.82, 2.24) is 15.5 Å². The minimum absolute atomic E-state index is 0.502. The zero-order chi connectivity index (χ0) is 13.5. The fourth-order valence-corrected chi connectivity index (χ4v) is 2.81. The van der Waals surface area contributed by atoms with E-state index in [2.05, 4.69) is 53.6 Å². The third-order valence-electron chi connectivity index (χ3n) is 4.07. The quantitative estimate of drug-likeness (QED) is 0.821. The Morgan fingerprint density at radius 3 is 2.84 bits per heavy atom. The van der Waals surface area contributed by atoms with Crippen molar-refractivity contribution in [2.24, 2.45) is 0 Å². The lowest BCUT2D eigenvalue weighted by Gasteiger charge is -2.22. The summed E-state index contributed by atoms with van der Waals surface area (Å²) in [5.74, 6) is 0. The van der Waals surface area contributed by atoms with Gasteiger partial charge in [0.2, 0.25) is 0 Å². The monoisotopic (exact) mass is 261 g/mol. The van der Waals surface area contributed by atoms with E-state index >= 15 is 0 Å². The second kappa shape index (κ2) is 7.63. The first-order valence-corrected chi connectivity index (χ1v) is 7.59. The van der Waals surface area contributed by atoms with Gasteiger partial charge < -0.3 is 15.5 Å². The van der Waals surface area contributed by atoms with Crippen molar-refractivity contribution in [3.8, 4) is 0 Å². The SMILES string of the molecule is CCN(CC)CCNC1CCNCc2ccccc21. The number of nitrogens with one attached hydrogen (secondary N) is 2. The van der Waals surface area contributed by atoms with Crippen LogP contribution in [0.2, 0.25) is 0 Å². The summed E-state index contributed by atoms with van der Waals surface area (Å²) in [5.41, 5.74) is 2.92. The fourth-order valence-electron chi connectivity index (χ4n) is 2.81. The van der Waals surface area contributed by atoms with E-state index in [0.717, 1.165) is 39.3 Å². The number of nitrogens with zero attached hydrogens (tertiary/aromatic N) is 1. The van der Waals surface area contributed by atoms with Gasteiger partial charge in [-0.15, -0.1) is 0 Å². The van der Waals surface area contributed by atoms with Crippen LogP contribution in [0.5, 0.6) is 0 Å². The van der Waals surface area contributed by atoms with E-state index in [4.69, 9.17) is 0 Å². The Balaban J connectivity index is 1.93. The standard InChI is InChI=1S/C16H27N3/c1-3-19(4-2)12-11-18-16-9-10-17-13-14-7-5-6-8-15(14)16/h5-8,16-18H,3-4,9-13H2,1-2H3. The molecule has 1 unspecified atom stereocenters. The van der Waals surface area contributed by atoms with Gasteiger partial charge in [0.1, 0.15) is 0 Å². The Hall–Kier alpha value is -0.900. The van der Waals surface area contributed by atoms with E-state index in [1.54, 1.807) is 0 Å². The third-order valence-corrected chi connectivity index (χ3v) is 4.07. The molecule has 0 fully saturated rings. The van der Waals surface area contributed by atoms with Crippen molar-refractivity contribution >= 4 is 0 Å². The molecule has 0 saturated heterocycles. The van der Waals surface area contributed by atoms with Crippen molar-refractivity contribution in [2.45, 2.75) is 32.9 Å². The molecule has 0 amide bonds. The molecule has 2 rings (SSSR count). The Morgan fingerprint density at radius 2 is 2.05 bits per heavy atom. The van der Waals surface area contributed by atoms with E-state index in [-0.39, 0.29) is 0 Å². The van der Waals surface area contributed by atoms with Crippen molar-refractivity contribution in [2.75, 3.05) is 32.7 Å². The first-order chi connectivity index (χ1) is 9.35. The molecule has 0 bridgehead atoms. The van der Waals surface area contributed by atoms with Gasteiger partial charge in [0.25, 0.3) is 0 Å². The average molecular weight is 261 g/mol. The van der Waals surface area contributed by atoms with E-state index in [9.17, 15) is 0 Å². The molecule has 0 radical (unpaired) electrons. The number of hydrogen-bond donors (Lipinski definition) is 2. The van der Waals surface area contributed by atoms with Gasteiger partial charge in [-0.2, -0.15) is 0 Å². The lowest BCUT2D eigenvalue weighted by Crippen LogP contribution is -2.34. The summed E-state index contributed by atoms with van der Waals surface area (Å²) < 4.78 is 0. The van der Waals surface area contributed by atoms with E-state index in [1.165, 1.54) is 17.5 Å². The third kappa shape index (κ3) is 4.03. The van der Waals surface area contributed by atoms with Gasteiger partial charge in [0, 0.05) is 25.7 Å². The van der Waals surface area contributed by atoms with Gasteiger partial charge in [0.15, 0.2) is 0 Å². The Kier molecular flexibility index (Phi) is 5.83. The predicted octanol–water partition coefficient (Wildman–Crippen LogP) is 2.15. The van der Waals surface area contributed by atoms with E-state index < -0.39 is 0 Å².